The second kappa shape index (κ2) is 7.66. The summed E-state index contributed by atoms with van der Waals surface area (Å²) in [4.78, 5) is 28.0. The van der Waals surface area contributed by atoms with Gasteiger partial charge in [-0.2, -0.15) is 0 Å². The molecule has 5 nitrogen and oxygen atoms in total. The molecular weight excluding hydrogens is 324 g/mol. The van der Waals surface area contributed by atoms with Crippen molar-refractivity contribution in [2.24, 2.45) is 11.7 Å². The van der Waals surface area contributed by atoms with E-state index in [0.29, 0.717) is 23.9 Å². The lowest BCUT2D eigenvalue weighted by Gasteiger charge is -2.31. The fourth-order valence-electron chi connectivity index (χ4n) is 3.84. The Morgan fingerprint density at radius 2 is 2.12 bits per heavy atom. The van der Waals surface area contributed by atoms with Gasteiger partial charge in [0.1, 0.15) is 4.88 Å². The van der Waals surface area contributed by atoms with Gasteiger partial charge in [-0.25, -0.2) is 4.79 Å². The molecule has 2 heterocycles. The zero-order chi connectivity index (χ0) is 17.1. The second-order valence-electron chi connectivity index (χ2n) is 6.91. The number of carbonyl (C=O) groups excluding carboxylic acids is 2. The highest BCUT2D eigenvalue weighted by molar-refractivity contribution is 7.14. The number of hydrogen-bond donors (Lipinski definition) is 1. The van der Waals surface area contributed by atoms with Crippen molar-refractivity contribution in [2.75, 3.05) is 13.7 Å². The Labute approximate surface area is 147 Å². The van der Waals surface area contributed by atoms with E-state index in [-0.39, 0.29) is 11.9 Å². The number of nitrogens with two attached hydrogens (primary N) is 1. The van der Waals surface area contributed by atoms with E-state index >= 15 is 0 Å². The van der Waals surface area contributed by atoms with E-state index in [1.165, 1.54) is 55.4 Å². The molecule has 1 fully saturated rings. The summed E-state index contributed by atoms with van der Waals surface area (Å²) in [5.74, 6) is 0.350. The monoisotopic (exact) mass is 350 g/mol. The quantitative estimate of drug-likeness (QED) is 0.848. The van der Waals surface area contributed by atoms with E-state index in [9.17, 15) is 9.59 Å². The third kappa shape index (κ3) is 3.81. The summed E-state index contributed by atoms with van der Waals surface area (Å²) < 4.78 is 4.78. The van der Waals surface area contributed by atoms with Crippen LogP contribution in [0.2, 0.25) is 0 Å². The van der Waals surface area contributed by atoms with Gasteiger partial charge in [0, 0.05) is 18.0 Å². The van der Waals surface area contributed by atoms with Crippen LogP contribution in [0.5, 0.6) is 0 Å². The molecule has 0 saturated heterocycles. The van der Waals surface area contributed by atoms with Gasteiger partial charge in [-0.15, -0.1) is 11.3 Å². The predicted octanol–water partition coefficient (Wildman–Crippen LogP) is 2.72. The van der Waals surface area contributed by atoms with Crippen LogP contribution in [-0.2, 0) is 22.5 Å². The molecule has 2 N–H and O–H groups in total. The Bertz CT molecular complexity index is 607. The number of hydrogen-bond acceptors (Lipinski definition) is 5. The summed E-state index contributed by atoms with van der Waals surface area (Å²) in [6, 6.07) is 1.46. The van der Waals surface area contributed by atoms with Gasteiger partial charge >= 0.3 is 5.97 Å². The number of ether oxygens (including phenoxy) is 1. The highest BCUT2D eigenvalue weighted by Crippen LogP contribution is 2.30. The average Bonchev–Trinajstić information content (AvgIpc) is 3.04. The first-order chi connectivity index (χ1) is 11.6. The summed E-state index contributed by atoms with van der Waals surface area (Å²) in [6.07, 6.45) is 7.86. The predicted molar refractivity (Wildman–Crippen MR) is 93.9 cm³/mol. The van der Waals surface area contributed by atoms with Crippen molar-refractivity contribution in [2.45, 2.75) is 57.5 Å². The van der Waals surface area contributed by atoms with Gasteiger partial charge in [0.05, 0.1) is 13.2 Å². The highest BCUT2D eigenvalue weighted by atomic mass is 32.1. The molecule has 1 aliphatic carbocycles. The van der Waals surface area contributed by atoms with Crippen LogP contribution in [0.3, 0.4) is 0 Å². The fraction of sp³-hybridized carbons (Fsp3) is 0.667. The average molecular weight is 350 g/mol. The zero-order valence-electron chi connectivity index (χ0n) is 14.3. The van der Waals surface area contributed by atoms with E-state index in [2.05, 4.69) is 0 Å². The van der Waals surface area contributed by atoms with Crippen LogP contribution in [0, 0.1) is 5.92 Å². The molecule has 1 atom stereocenters. The lowest BCUT2D eigenvalue weighted by molar-refractivity contribution is -0.134. The first-order valence-corrected chi connectivity index (χ1v) is 9.64. The lowest BCUT2D eigenvalue weighted by atomic mass is 9.84. The van der Waals surface area contributed by atoms with Gasteiger partial charge in [0.2, 0.25) is 5.91 Å². The lowest BCUT2D eigenvalue weighted by Crippen LogP contribution is -2.46. The van der Waals surface area contributed by atoms with Crippen LogP contribution >= 0.6 is 11.3 Å². The maximum Gasteiger partial charge on any atom is 0.348 e. The molecule has 24 heavy (non-hydrogen) atoms. The Hall–Kier alpha value is -1.40. The van der Waals surface area contributed by atoms with Crippen molar-refractivity contribution in [3.63, 3.8) is 0 Å². The second-order valence-corrected chi connectivity index (χ2v) is 8.04. The molecule has 2 aliphatic rings. The van der Waals surface area contributed by atoms with Gasteiger partial charge < -0.3 is 15.4 Å². The van der Waals surface area contributed by atoms with Gasteiger partial charge in [-0.1, -0.05) is 32.1 Å². The highest BCUT2D eigenvalue weighted by Gasteiger charge is 2.29. The van der Waals surface area contributed by atoms with Crippen molar-refractivity contribution < 1.29 is 14.3 Å². The van der Waals surface area contributed by atoms with Gasteiger partial charge in [0.15, 0.2) is 0 Å². The van der Waals surface area contributed by atoms with E-state index < -0.39 is 6.04 Å². The standard InChI is InChI=1S/C18H26N2O3S/c1-23-18(22)16-10-13-11-20(8-7-15(13)24-16)17(21)14(19)9-12-5-3-2-4-6-12/h10,12,14H,2-9,11,19H2,1H3/t14-/m0/s1. The molecule has 132 valence electrons. The number of amides is 1. The molecule has 3 rings (SSSR count). The van der Waals surface area contributed by atoms with E-state index in [0.717, 1.165) is 18.4 Å². The number of fused-ring (bicyclic) bond motifs is 1. The van der Waals surface area contributed by atoms with Crippen LogP contribution in [0.25, 0.3) is 0 Å². The maximum absolute atomic E-state index is 12.7. The number of carbonyl (C=O) groups is 2. The summed E-state index contributed by atoms with van der Waals surface area (Å²) in [5.41, 5.74) is 7.27. The van der Waals surface area contributed by atoms with Crippen LogP contribution in [0.15, 0.2) is 6.07 Å². The number of methoxy groups -OCH3 is 1. The maximum atomic E-state index is 12.7. The first kappa shape index (κ1) is 17.4. The Balaban J connectivity index is 1.60. The van der Waals surface area contributed by atoms with Crippen molar-refractivity contribution in [3.8, 4) is 0 Å². The Morgan fingerprint density at radius 3 is 2.83 bits per heavy atom. The molecule has 1 amide bonds. The molecule has 0 radical (unpaired) electrons. The largest absolute Gasteiger partial charge is 0.465 e. The molecule has 1 saturated carbocycles. The van der Waals surface area contributed by atoms with Gasteiger partial charge in [-0.3, -0.25) is 4.79 Å². The minimum absolute atomic E-state index is 0.0528. The van der Waals surface area contributed by atoms with Crippen LogP contribution in [-0.4, -0.2) is 36.5 Å². The van der Waals surface area contributed by atoms with Crippen molar-refractivity contribution in [1.29, 1.82) is 0 Å². The van der Waals surface area contributed by atoms with E-state index in [1.807, 2.05) is 11.0 Å². The van der Waals surface area contributed by atoms with Crippen molar-refractivity contribution in [1.82, 2.24) is 4.90 Å². The van der Waals surface area contributed by atoms with Crippen LogP contribution < -0.4 is 5.73 Å². The smallest absolute Gasteiger partial charge is 0.348 e. The molecule has 0 aromatic carbocycles. The Morgan fingerprint density at radius 1 is 1.38 bits per heavy atom. The molecule has 0 bridgehead atoms. The summed E-state index contributed by atoms with van der Waals surface area (Å²) in [6.45, 7) is 1.24. The number of nitrogens with zero attached hydrogens (tertiary/aromatic N) is 1. The van der Waals surface area contributed by atoms with Crippen LogP contribution in [0.4, 0.5) is 0 Å². The summed E-state index contributed by atoms with van der Waals surface area (Å²) >= 11 is 1.47. The van der Waals surface area contributed by atoms with Crippen molar-refractivity contribution in [3.05, 3.63) is 21.4 Å². The SMILES string of the molecule is COC(=O)c1cc2c(s1)CCN(C(=O)[C@@H](N)CC1CCCCC1)C2. The van der Waals surface area contributed by atoms with Gasteiger partial charge in [-0.05, 0) is 30.4 Å². The fourth-order valence-corrected chi connectivity index (χ4v) is 4.92. The first-order valence-electron chi connectivity index (χ1n) is 8.82. The molecular formula is C18H26N2O3S. The molecule has 1 aliphatic heterocycles. The molecule has 6 heteroatoms. The number of esters is 1. The summed E-state index contributed by atoms with van der Waals surface area (Å²) in [7, 11) is 1.39. The molecule has 0 unspecified atom stereocenters. The third-order valence-corrected chi connectivity index (χ3v) is 6.41. The normalized spacial score (nSPS) is 19.7. The minimum atomic E-state index is -0.395. The van der Waals surface area contributed by atoms with E-state index in [4.69, 9.17) is 10.5 Å². The molecule has 1 aromatic heterocycles. The zero-order valence-corrected chi connectivity index (χ0v) is 15.1. The Kier molecular flexibility index (Phi) is 5.56. The minimum Gasteiger partial charge on any atom is -0.465 e. The molecule has 0 spiro atoms. The van der Waals surface area contributed by atoms with Crippen molar-refractivity contribution >= 4 is 23.2 Å². The number of thiophene rings is 1. The van der Waals surface area contributed by atoms with Crippen LogP contribution in [0.1, 0.15) is 58.6 Å². The molecule has 1 aromatic rings. The van der Waals surface area contributed by atoms with Gasteiger partial charge in [0.25, 0.3) is 0 Å². The van der Waals surface area contributed by atoms with E-state index in [1.54, 1.807) is 0 Å². The summed E-state index contributed by atoms with van der Waals surface area (Å²) in [5, 5.41) is 0. The topological polar surface area (TPSA) is 72.6 Å². The number of rotatable bonds is 4. The third-order valence-electron chi connectivity index (χ3n) is 5.19.